The molecule has 6 nitrogen and oxygen atoms in total. The van der Waals surface area contributed by atoms with Crippen LogP contribution in [-0.2, 0) is 13.2 Å². The number of hydrogen-bond acceptors (Lipinski definition) is 7. The highest BCUT2D eigenvalue weighted by molar-refractivity contribution is 7.13. The zero-order valence-electron chi connectivity index (χ0n) is 18.4. The highest BCUT2D eigenvalue weighted by Crippen LogP contribution is 2.34. The van der Waals surface area contributed by atoms with Gasteiger partial charge in [-0.3, -0.25) is 9.88 Å². The van der Waals surface area contributed by atoms with Gasteiger partial charge in [0.25, 0.3) is 0 Å². The van der Waals surface area contributed by atoms with E-state index in [1.165, 1.54) is 5.56 Å². The highest BCUT2D eigenvalue weighted by atomic mass is 32.1. The van der Waals surface area contributed by atoms with Crippen LogP contribution in [0.15, 0.2) is 35.7 Å². The molecular weight excluding hydrogens is 408 g/mol. The smallest absolute Gasteiger partial charge is 0.187 e. The van der Waals surface area contributed by atoms with Crippen LogP contribution in [0.4, 0.5) is 10.8 Å². The fourth-order valence-corrected chi connectivity index (χ4v) is 4.92. The molecule has 0 radical (unpaired) electrons. The quantitative estimate of drug-likeness (QED) is 0.508. The van der Waals surface area contributed by atoms with Crippen LogP contribution in [0.3, 0.4) is 0 Å². The lowest BCUT2D eigenvalue weighted by molar-refractivity contribution is 0.242. The molecule has 1 atom stereocenters. The van der Waals surface area contributed by atoms with Crippen molar-refractivity contribution in [3.05, 3.63) is 63.9 Å². The van der Waals surface area contributed by atoms with Crippen molar-refractivity contribution in [2.75, 3.05) is 18.5 Å². The summed E-state index contributed by atoms with van der Waals surface area (Å²) in [6.07, 6.45) is 2.24. The van der Waals surface area contributed by atoms with Crippen LogP contribution < -0.4 is 10.1 Å². The molecule has 2 N–H and O–H groups in total. The number of aliphatic hydroxyl groups excluding tert-OH is 1. The molecule has 3 aromatic rings. The molecule has 0 saturated carbocycles. The second-order valence-electron chi connectivity index (χ2n) is 8.00. The first-order valence-corrected chi connectivity index (χ1v) is 11.7. The molecule has 0 spiro atoms. The summed E-state index contributed by atoms with van der Waals surface area (Å²) in [6, 6.07) is 10.6. The lowest BCUT2D eigenvalue weighted by Gasteiger charge is -2.25. The van der Waals surface area contributed by atoms with Crippen LogP contribution in [0, 0.1) is 13.8 Å². The maximum atomic E-state index is 9.73. The third-order valence-corrected chi connectivity index (χ3v) is 6.40. The Morgan fingerprint density at radius 3 is 2.81 bits per heavy atom. The van der Waals surface area contributed by atoms with Gasteiger partial charge in [-0.15, -0.1) is 11.3 Å². The van der Waals surface area contributed by atoms with E-state index in [0.717, 1.165) is 65.1 Å². The minimum absolute atomic E-state index is 0.0166. The maximum Gasteiger partial charge on any atom is 0.187 e. The van der Waals surface area contributed by atoms with Gasteiger partial charge in [-0.1, -0.05) is 6.07 Å². The van der Waals surface area contributed by atoms with Crippen molar-refractivity contribution in [2.45, 2.75) is 52.8 Å². The first-order chi connectivity index (χ1) is 15.1. The summed E-state index contributed by atoms with van der Waals surface area (Å²) >= 11 is 1.61. The summed E-state index contributed by atoms with van der Waals surface area (Å²) in [5.41, 5.74) is 6.19. The zero-order valence-corrected chi connectivity index (χ0v) is 19.2. The van der Waals surface area contributed by atoms with E-state index in [1.54, 1.807) is 11.3 Å². The Balaban J connectivity index is 1.53. The predicted molar refractivity (Wildman–Crippen MR) is 125 cm³/mol. The van der Waals surface area contributed by atoms with E-state index in [2.05, 4.69) is 39.5 Å². The molecule has 31 heavy (non-hydrogen) atoms. The molecule has 164 valence electrons. The van der Waals surface area contributed by atoms with Crippen LogP contribution in [0.5, 0.6) is 5.75 Å². The molecule has 3 heterocycles. The molecular formula is C24H30N4O2S. The van der Waals surface area contributed by atoms with Crippen molar-refractivity contribution in [1.29, 1.82) is 0 Å². The molecule has 1 aliphatic heterocycles. The zero-order chi connectivity index (χ0) is 21.8. The third kappa shape index (κ3) is 5.23. The number of nitrogens with zero attached hydrogens (tertiary/aromatic N) is 3. The van der Waals surface area contributed by atoms with E-state index < -0.39 is 0 Å². The number of aromatic nitrogens is 2. The Morgan fingerprint density at radius 1 is 1.19 bits per heavy atom. The van der Waals surface area contributed by atoms with E-state index in [0.29, 0.717) is 6.61 Å². The molecule has 1 aromatic carbocycles. The van der Waals surface area contributed by atoms with Crippen LogP contribution >= 0.6 is 11.3 Å². The fourth-order valence-electron chi connectivity index (χ4n) is 4.21. The van der Waals surface area contributed by atoms with Crippen molar-refractivity contribution in [1.82, 2.24) is 14.9 Å². The summed E-state index contributed by atoms with van der Waals surface area (Å²) in [6.45, 7) is 8.45. The first kappa shape index (κ1) is 21.7. The summed E-state index contributed by atoms with van der Waals surface area (Å²) in [5, 5.41) is 16.1. The lowest BCUT2D eigenvalue weighted by Crippen LogP contribution is -2.23. The minimum Gasteiger partial charge on any atom is -0.494 e. The standard InChI is InChI=1S/C24H30N4O2S/c1-4-30-23-8-7-18(11-19(23)14-29)13-28-9-5-6-22(28)21-12-20(10-16(2)25-21)27-24-26-17(3)15-31-24/h7-8,10-12,15,22,29H,4-6,9,13-14H2,1-3H3,(H,25,26,27)/t22-/m0/s1. The Bertz CT molecular complexity index is 1040. The van der Waals surface area contributed by atoms with Crippen molar-refractivity contribution in [2.24, 2.45) is 0 Å². The Hall–Kier alpha value is -2.48. The predicted octanol–water partition coefficient (Wildman–Crippen LogP) is 5.13. The molecule has 0 bridgehead atoms. The van der Waals surface area contributed by atoms with Gasteiger partial charge in [0.05, 0.1) is 30.6 Å². The Morgan fingerprint density at radius 2 is 2.06 bits per heavy atom. The van der Waals surface area contributed by atoms with E-state index in [1.807, 2.05) is 32.2 Å². The van der Waals surface area contributed by atoms with E-state index in [-0.39, 0.29) is 12.6 Å². The minimum atomic E-state index is -0.0166. The largest absolute Gasteiger partial charge is 0.494 e. The van der Waals surface area contributed by atoms with Crippen molar-refractivity contribution < 1.29 is 9.84 Å². The van der Waals surface area contributed by atoms with E-state index >= 15 is 0 Å². The molecule has 1 saturated heterocycles. The number of ether oxygens (including phenoxy) is 1. The summed E-state index contributed by atoms with van der Waals surface area (Å²) < 4.78 is 5.63. The molecule has 7 heteroatoms. The van der Waals surface area contributed by atoms with Gasteiger partial charge in [-0.2, -0.15) is 0 Å². The van der Waals surface area contributed by atoms with Crippen LogP contribution in [0.25, 0.3) is 0 Å². The fraction of sp³-hybridized carbons (Fsp3) is 0.417. The molecule has 1 aliphatic rings. The lowest BCUT2D eigenvalue weighted by atomic mass is 10.1. The number of thiazole rings is 1. The van der Waals surface area contributed by atoms with Gasteiger partial charge in [0.15, 0.2) is 5.13 Å². The van der Waals surface area contributed by atoms with Gasteiger partial charge in [-0.05, 0) is 70.0 Å². The van der Waals surface area contributed by atoms with Gasteiger partial charge < -0.3 is 15.2 Å². The number of aliphatic hydroxyl groups is 1. The summed E-state index contributed by atoms with van der Waals surface area (Å²) in [5.74, 6) is 0.764. The number of benzene rings is 1. The van der Waals surface area contributed by atoms with E-state index in [4.69, 9.17) is 9.72 Å². The summed E-state index contributed by atoms with van der Waals surface area (Å²) in [7, 11) is 0. The second-order valence-corrected chi connectivity index (χ2v) is 8.86. The molecule has 0 aliphatic carbocycles. The van der Waals surface area contributed by atoms with Gasteiger partial charge in [0.2, 0.25) is 0 Å². The highest BCUT2D eigenvalue weighted by Gasteiger charge is 2.28. The molecule has 0 amide bonds. The average Bonchev–Trinajstić information content (AvgIpc) is 3.37. The molecule has 4 rings (SSSR count). The third-order valence-electron chi connectivity index (χ3n) is 5.53. The number of nitrogens with one attached hydrogen (secondary N) is 1. The maximum absolute atomic E-state index is 9.73. The van der Waals surface area contributed by atoms with Gasteiger partial charge in [-0.25, -0.2) is 4.98 Å². The second kappa shape index (κ2) is 9.77. The van der Waals surface area contributed by atoms with Crippen molar-refractivity contribution in [3.63, 3.8) is 0 Å². The van der Waals surface area contributed by atoms with Crippen molar-refractivity contribution in [3.8, 4) is 5.75 Å². The Labute approximate surface area is 187 Å². The number of rotatable bonds is 8. The first-order valence-electron chi connectivity index (χ1n) is 10.8. The summed E-state index contributed by atoms with van der Waals surface area (Å²) in [4.78, 5) is 11.9. The van der Waals surface area contributed by atoms with Gasteiger partial charge in [0.1, 0.15) is 5.75 Å². The topological polar surface area (TPSA) is 70.5 Å². The Kier molecular flexibility index (Phi) is 6.85. The monoisotopic (exact) mass is 438 g/mol. The van der Waals surface area contributed by atoms with Crippen LogP contribution in [0.2, 0.25) is 0 Å². The number of likely N-dealkylation sites (tertiary alicyclic amines) is 1. The van der Waals surface area contributed by atoms with Crippen LogP contribution in [-0.4, -0.2) is 33.1 Å². The average molecular weight is 439 g/mol. The number of aryl methyl sites for hydroxylation is 2. The van der Waals surface area contributed by atoms with E-state index in [9.17, 15) is 5.11 Å². The molecule has 0 unspecified atom stereocenters. The van der Waals surface area contributed by atoms with Crippen LogP contribution in [0.1, 0.15) is 54.0 Å². The number of hydrogen-bond donors (Lipinski definition) is 2. The van der Waals surface area contributed by atoms with Gasteiger partial charge in [0, 0.05) is 28.9 Å². The number of anilines is 2. The molecule has 2 aromatic heterocycles. The normalized spacial score (nSPS) is 16.6. The number of pyridine rings is 1. The SMILES string of the molecule is CCOc1ccc(CN2CCC[C@H]2c2cc(Nc3nc(C)cs3)cc(C)n2)cc1CO. The van der Waals surface area contributed by atoms with Gasteiger partial charge >= 0.3 is 0 Å². The van der Waals surface area contributed by atoms with Crippen molar-refractivity contribution >= 4 is 22.2 Å². The molecule has 1 fully saturated rings.